The summed E-state index contributed by atoms with van der Waals surface area (Å²) in [5, 5.41) is 0. The van der Waals surface area contributed by atoms with Crippen LogP contribution in [0.4, 0.5) is 0 Å². The third-order valence-electron chi connectivity index (χ3n) is 3.61. The molecule has 3 nitrogen and oxygen atoms in total. The van der Waals surface area contributed by atoms with Crippen LogP contribution < -0.4 is 4.72 Å². The number of sulfonamides is 1. The maximum Gasteiger partial charge on any atom is 0.240 e. The van der Waals surface area contributed by atoms with Gasteiger partial charge in [0.2, 0.25) is 10.0 Å². The summed E-state index contributed by atoms with van der Waals surface area (Å²) in [6.45, 7) is 4.25. The molecule has 1 atom stereocenters. The Morgan fingerprint density at radius 3 is 2.41 bits per heavy atom. The van der Waals surface area contributed by atoms with E-state index >= 15 is 0 Å². The van der Waals surface area contributed by atoms with Crippen molar-refractivity contribution in [3.8, 4) is 0 Å². The quantitative estimate of drug-likeness (QED) is 0.899. The number of rotatable bonds is 3. The first-order chi connectivity index (χ1) is 7.92. The summed E-state index contributed by atoms with van der Waals surface area (Å²) in [4.78, 5) is 0.350. The zero-order valence-corrected chi connectivity index (χ0v) is 11.1. The molecule has 0 bridgehead atoms. The highest BCUT2D eigenvalue weighted by molar-refractivity contribution is 7.89. The number of nitrogens with one attached hydrogen (secondary N) is 1. The molecule has 0 saturated heterocycles. The van der Waals surface area contributed by atoms with Gasteiger partial charge in [0.1, 0.15) is 0 Å². The molecule has 1 aliphatic carbocycles. The molecular formula is C13H19NO2S. The Morgan fingerprint density at radius 2 is 1.88 bits per heavy atom. The smallest absolute Gasteiger partial charge is 0.208 e. The molecule has 1 aromatic carbocycles. The van der Waals surface area contributed by atoms with Crippen LogP contribution in [0.3, 0.4) is 0 Å². The molecule has 17 heavy (non-hydrogen) atoms. The zero-order chi connectivity index (χ0) is 12.5. The molecule has 94 valence electrons. The molecule has 0 aliphatic heterocycles. The molecule has 1 saturated carbocycles. The molecule has 0 aromatic heterocycles. The highest BCUT2D eigenvalue weighted by Gasteiger charge is 2.37. The van der Waals surface area contributed by atoms with Gasteiger partial charge >= 0.3 is 0 Å². The van der Waals surface area contributed by atoms with E-state index in [1.165, 1.54) is 0 Å². The summed E-state index contributed by atoms with van der Waals surface area (Å²) < 4.78 is 27.2. The Bertz CT molecular complexity index is 479. The van der Waals surface area contributed by atoms with Gasteiger partial charge in [-0.2, -0.15) is 0 Å². The second-order valence-electron chi connectivity index (χ2n) is 5.37. The van der Waals surface area contributed by atoms with Gasteiger partial charge < -0.3 is 0 Å². The lowest BCUT2D eigenvalue weighted by molar-refractivity contribution is 0.313. The van der Waals surface area contributed by atoms with Gasteiger partial charge in [0, 0.05) is 6.04 Å². The summed E-state index contributed by atoms with van der Waals surface area (Å²) >= 11 is 0. The molecule has 1 unspecified atom stereocenters. The van der Waals surface area contributed by atoms with E-state index < -0.39 is 10.0 Å². The lowest BCUT2D eigenvalue weighted by Crippen LogP contribution is -2.41. The number of hydrogen-bond donors (Lipinski definition) is 1. The molecule has 2 rings (SSSR count). The Morgan fingerprint density at radius 1 is 1.24 bits per heavy atom. The van der Waals surface area contributed by atoms with E-state index in [1.807, 2.05) is 6.07 Å². The predicted molar refractivity (Wildman–Crippen MR) is 68.2 cm³/mol. The molecular weight excluding hydrogens is 234 g/mol. The van der Waals surface area contributed by atoms with Crippen molar-refractivity contribution in [1.29, 1.82) is 0 Å². The lowest BCUT2D eigenvalue weighted by atomic mass is 9.88. The van der Waals surface area contributed by atoms with Crippen LogP contribution in [0.25, 0.3) is 0 Å². The van der Waals surface area contributed by atoms with Crippen molar-refractivity contribution in [2.75, 3.05) is 0 Å². The first-order valence-electron chi connectivity index (χ1n) is 5.99. The molecule has 1 aliphatic rings. The van der Waals surface area contributed by atoms with Crippen LogP contribution in [0, 0.1) is 5.41 Å². The van der Waals surface area contributed by atoms with Crippen molar-refractivity contribution in [3.63, 3.8) is 0 Å². The van der Waals surface area contributed by atoms with E-state index in [2.05, 4.69) is 18.6 Å². The van der Waals surface area contributed by atoms with E-state index in [9.17, 15) is 8.42 Å². The van der Waals surface area contributed by atoms with Gasteiger partial charge in [-0.15, -0.1) is 0 Å². The molecule has 1 fully saturated rings. The summed E-state index contributed by atoms with van der Waals surface area (Å²) in [5.74, 6) is 0. The third-order valence-corrected chi connectivity index (χ3v) is 5.10. The van der Waals surface area contributed by atoms with Crippen molar-refractivity contribution in [2.45, 2.75) is 44.0 Å². The first kappa shape index (κ1) is 12.6. The van der Waals surface area contributed by atoms with Crippen molar-refractivity contribution in [3.05, 3.63) is 30.3 Å². The Labute approximate surface area is 103 Å². The van der Waals surface area contributed by atoms with E-state index in [4.69, 9.17) is 0 Å². The summed E-state index contributed by atoms with van der Waals surface area (Å²) in [5.41, 5.74) is 0.0574. The maximum absolute atomic E-state index is 12.2. The molecule has 0 amide bonds. The topological polar surface area (TPSA) is 46.2 Å². The second kappa shape index (κ2) is 4.42. The summed E-state index contributed by atoms with van der Waals surface area (Å²) in [7, 11) is -3.36. The fourth-order valence-corrected chi connectivity index (χ4v) is 3.86. The van der Waals surface area contributed by atoms with Gasteiger partial charge in [-0.05, 0) is 30.4 Å². The van der Waals surface area contributed by atoms with E-state index in [1.54, 1.807) is 24.3 Å². The minimum absolute atomic E-state index is 0.0488. The van der Waals surface area contributed by atoms with Crippen LogP contribution in [0.15, 0.2) is 35.2 Å². The zero-order valence-electron chi connectivity index (χ0n) is 10.3. The SMILES string of the molecule is CC1(C)CCCC1NS(=O)(=O)c1ccccc1. The normalized spacial score (nSPS) is 23.8. The lowest BCUT2D eigenvalue weighted by Gasteiger charge is -2.27. The van der Waals surface area contributed by atoms with Crippen LogP contribution in [0.1, 0.15) is 33.1 Å². The van der Waals surface area contributed by atoms with Gasteiger partial charge in [-0.3, -0.25) is 0 Å². The van der Waals surface area contributed by atoms with Gasteiger partial charge in [-0.25, -0.2) is 13.1 Å². The monoisotopic (exact) mass is 253 g/mol. The predicted octanol–water partition coefficient (Wildman–Crippen LogP) is 2.54. The fraction of sp³-hybridized carbons (Fsp3) is 0.538. The van der Waals surface area contributed by atoms with Crippen molar-refractivity contribution < 1.29 is 8.42 Å². The molecule has 1 aromatic rings. The van der Waals surface area contributed by atoms with Gasteiger partial charge in [0.05, 0.1) is 4.90 Å². The summed E-state index contributed by atoms with van der Waals surface area (Å²) in [6.07, 6.45) is 3.10. The third kappa shape index (κ3) is 2.69. The van der Waals surface area contributed by atoms with E-state index in [0.717, 1.165) is 19.3 Å². The Kier molecular flexibility index (Phi) is 3.27. The first-order valence-corrected chi connectivity index (χ1v) is 7.47. The van der Waals surface area contributed by atoms with Crippen molar-refractivity contribution in [2.24, 2.45) is 5.41 Å². The largest absolute Gasteiger partial charge is 0.240 e. The van der Waals surface area contributed by atoms with E-state index in [0.29, 0.717) is 4.90 Å². The average molecular weight is 253 g/mol. The van der Waals surface area contributed by atoms with Crippen LogP contribution in [0.5, 0.6) is 0 Å². The van der Waals surface area contributed by atoms with Crippen LogP contribution >= 0.6 is 0 Å². The maximum atomic E-state index is 12.2. The van der Waals surface area contributed by atoms with Crippen molar-refractivity contribution in [1.82, 2.24) is 4.72 Å². The highest BCUT2D eigenvalue weighted by Crippen LogP contribution is 2.37. The fourth-order valence-electron chi connectivity index (χ4n) is 2.40. The standard InChI is InChI=1S/C13H19NO2S/c1-13(2)10-6-9-12(13)14-17(15,16)11-7-4-3-5-8-11/h3-5,7-8,12,14H,6,9-10H2,1-2H3. The van der Waals surface area contributed by atoms with Gasteiger partial charge in [0.25, 0.3) is 0 Å². The molecule has 0 spiro atoms. The van der Waals surface area contributed by atoms with Gasteiger partial charge in [0.15, 0.2) is 0 Å². The number of benzene rings is 1. The Balaban J connectivity index is 2.19. The highest BCUT2D eigenvalue weighted by atomic mass is 32.2. The molecule has 4 heteroatoms. The molecule has 1 N–H and O–H groups in total. The van der Waals surface area contributed by atoms with Crippen LogP contribution in [0.2, 0.25) is 0 Å². The van der Waals surface area contributed by atoms with Crippen molar-refractivity contribution >= 4 is 10.0 Å². The second-order valence-corrected chi connectivity index (χ2v) is 7.08. The molecule has 0 radical (unpaired) electrons. The Hall–Kier alpha value is -0.870. The number of hydrogen-bond acceptors (Lipinski definition) is 2. The molecule has 0 heterocycles. The van der Waals surface area contributed by atoms with Crippen LogP contribution in [-0.2, 0) is 10.0 Å². The van der Waals surface area contributed by atoms with Crippen LogP contribution in [-0.4, -0.2) is 14.5 Å². The van der Waals surface area contributed by atoms with E-state index in [-0.39, 0.29) is 11.5 Å². The minimum atomic E-state index is -3.36. The minimum Gasteiger partial charge on any atom is -0.208 e. The summed E-state index contributed by atoms with van der Waals surface area (Å²) in [6, 6.07) is 8.61. The van der Waals surface area contributed by atoms with Gasteiger partial charge in [-0.1, -0.05) is 38.5 Å². The average Bonchev–Trinajstić information content (AvgIpc) is 2.59.